The first-order chi connectivity index (χ1) is 8.76. The Balaban J connectivity index is 2.17. The molecule has 0 aliphatic heterocycles. The third-order valence-corrected chi connectivity index (χ3v) is 3.01. The van der Waals surface area contributed by atoms with Gasteiger partial charge in [-0.1, -0.05) is 17.8 Å². The van der Waals surface area contributed by atoms with Crippen LogP contribution in [0.4, 0.5) is 5.82 Å². The number of amides is 1. The summed E-state index contributed by atoms with van der Waals surface area (Å²) in [6.07, 6.45) is 2.94. The second kappa shape index (κ2) is 5.37. The normalized spacial score (nSPS) is 10.0. The zero-order chi connectivity index (χ0) is 13.0. The Morgan fingerprint density at radius 3 is 3.22 bits per heavy atom. The highest BCUT2D eigenvalue weighted by Crippen LogP contribution is 2.16. The molecular formula is C10H10N6OS. The Labute approximate surface area is 107 Å². The zero-order valence-corrected chi connectivity index (χ0v) is 10.4. The summed E-state index contributed by atoms with van der Waals surface area (Å²) in [6.45, 7) is 2.00. The number of hydrogen-bond donors (Lipinski definition) is 2. The highest BCUT2D eigenvalue weighted by atomic mass is 32.1. The summed E-state index contributed by atoms with van der Waals surface area (Å²) in [5, 5.41) is 21.6. The second-order valence-corrected chi connectivity index (χ2v) is 4.28. The number of anilines is 1. The molecule has 0 unspecified atom stereocenters. The Bertz CT molecular complexity index is 596. The highest BCUT2D eigenvalue weighted by Gasteiger charge is 2.17. The van der Waals surface area contributed by atoms with Crippen LogP contribution >= 0.6 is 11.5 Å². The minimum absolute atomic E-state index is 0.290. The van der Waals surface area contributed by atoms with E-state index in [0.717, 1.165) is 18.0 Å². The van der Waals surface area contributed by atoms with Gasteiger partial charge in [0.25, 0.3) is 5.91 Å². The van der Waals surface area contributed by atoms with Crippen LogP contribution in [0.3, 0.4) is 0 Å². The van der Waals surface area contributed by atoms with Crippen LogP contribution in [-0.2, 0) is 6.42 Å². The number of carbonyl (C=O) groups is 1. The molecule has 0 saturated carbocycles. The van der Waals surface area contributed by atoms with Gasteiger partial charge in [0.2, 0.25) is 0 Å². The first-order valence-corrected chi connectivity index (χ1v) is 6.09. The third-order valence-electron chi connectivity index (χ3n) is 2.25. The van der Waals surface area contributed by atoms with Crippen molar-refractivity contribution >= 4 is 23.3 Å². The van der Waals surface area contributed by atoms with Crippen LogP contribution in [-0.4, -0.2) is 25.7 Å². The SMILES string of the molecule is CCCc1nnsc1C(=O)Nc1[nH]ncc1C#N. The van der Waals surface area contributed by atoms with E-state index in [2.05, 4.69) is 25.1 Å². The van der Waals surface area contributed by atoms with Gasteiger partial charge in [0.1, 0.15) is 22.3 Å². The van der Waals surface area contributed by atoms with Gasteiger partial charge in [-0.2, -0.15) is 10.4 Å². The van der Waals surface area contributed by atoms with Gasteiger partial charge in [0, 0.05) is 0 Å². The predicted octanol–water partition coefficient (Wildman–Crippen LogP) is 1.34. The van der Waals surface area contributed by atoms with Crippen LogP contribution in [0, 0.1) is 11.3 Å². The molecule has 18 heavy (non-hydrogen) atoms. The lowest BCUT2D eigenvalue weighted by Crippen LogP contribution is -2.13. The molecule has 2 heterocycles. The molecule has 1 amide bonds. The van der Waals surface area contributed by atoms with Crippen LogP contribution in [0.2, 0.25) is 0 Å². The van der Waals surface area contributed by atoms with Crippen molar-refractivity contribution in [3.8, 4) is 6.07 Å². The van der Waals surface area contributed by atoms with Crippen LogP contribution in [0.1, 0.15) is 34.3 Å². The minimum atomic E-state index is -0.325. The molecule has 0 aliphatic carbocycles. The second-order valence-electron chi connectivity index (χ2n) is 3.52. The first-order valence-electron chi connectivity index (χ1n) is 5.32. The molecule has 0 aliphatic rings. The monoisotopic (exact) mass is 262 g/mol. The lowest BCUT2D eigenvalue weighted by Gasteiger charge is -2.01. The van der Waals surface area contributed by atoms with Gasteiger partial charge >= 0.3 is 0 Å². The highest BCUT2D eigenvalue weighted by molar-refractivity contribution is 7.08. The zero-order valence-electron chi connectivity index (χ0n) is 9.60. The van der Waals surface area contributed by atoms with Gasteiger partial charge < -0.3 is 5.32 Å². The Morgan fingerprint density at radius 2 is 2.50 bits per heavy atom. The average Bonchev–Trinajstić information content (AvgIpc) is 2.98. The molecule has 2 N–H and O–H groups in total. The van der Waals surface area contributed by atoms with E-state index in [1.54, 1.807) is 0 Å². The number of nitrogens with zero attached hydrogens (tertiary/aromatic N) is 4. The van der Waals surface area contributed by atoms with Crippen molar-refractivity contribution in [3.63, 3.8) is 0 Å². The van der Waals surface area contributed by atoms with Crippen molar-refractivity contribution in [2.75, 3.05) is 5.32 Å². The molecule has 0 bridgehead atoms. The number of nitrogens with one attached hydrogen (secondary N) is 2. The Hall–Kier alpha value is -2.27. The van der Waals surface area contributed by atoms with Gasteiger partial charge in [-0.25, -0.2) is 0 Å². The van der Waals surface area contributed by atoms with Crippen molar-refractivity contribution in [3.05, 3.63) is 22.3 Å². The van der Waals surface area contributed by atoms with Gasteiger partial charge in [-0.05, 0) is 18.0 Å². The number of aryl methyl sites for hydroxylation is 1. The van der Waals surface area contributed by atoms with Crippen LogP contribution in [0.15, 0.2) is 6.20 Å². The molecule has 2 aromatic heterocycles. The first kappa shape index (κ1) is 12.2. The molecule has 0 aromatic carbocycles. The third kappa shape index (κ3) is 2.36. The average molecular weight is 262 g/mol. The topological polar surface area (TPSA) is 107 Å². The van der Waals surface area contributed by atoms with E-state index < -0.39 is 0 Å². The van der Waals surface area contributed by atoms with Crippen molar-refractivity contribution in [1.82, 2.24) is 19.8 Å². The van der Waals surface area contributed by atoms with Gasteiger partial charge in [-0.15, -0.1) is 5.10 Å². The Kier molecular flexibility index (Phi) is 3.64. The maximum absolute atomic E-state index is 12.0. The Morgan fingerprint density at radius 1 is 1.67 bits per heavy atom. The van der Waals surface area contributed by atoms with E-state index in [1.807, 2.05) is 13.0 Å². The van der Waals surface area contributed by atoms with Crippen molar-refractivity contribution < 1.29 is 4.79 Å². The summed E-state index contributed by atoms with van der Waals surface area (Å²) in [5.41, 5.74) is 0.968. The molecule has 2 aromatic rings. The van der Waals surface area contributed by atoms with E-state index in [9.17, 15) is 4.79 Å². The van der Waals surface area contributed by atoms with E-state index in [1.165, 1.54) is 6.20 Å². The molecule has 0 fully saturated rings. The van der Waals surface area contributed by atoms with Gasteiger partial charge in [0.15, 0.2) is 0 Å². The fourth-order valence-electron chi connectivity index (χ4n) is 1.42. The van der Waals surface area contributed by atoms with Crippen molar-refractivity contribution in [2.24, 2.45) is 0 Å². The molecule has 0 saturated heterocycles. The minimum Gasteiger partial charge on any atom is -0.305 e. The number of hydrogen-bond acceptors (Lipinski definition) is 6. The van der Waals surface area contributed by atoms with Crippen LogP contribution in [0.25, 0.3) is 0 Å². The fraction of sp³-hybridized carbons (Fsp3) is 0.300. The summed E-state index contributed by atoms with van der Waals surface area (Å²) in [7, 11) is 0. The molecule has 0 atom stereocenters. The quantitative estimate of drug-likeness (QED) is 0.864. The maximum atomic E-state index is 12.0. The molecule has 92 valence electrons. The molecule has 0 radical (unpaired) electrons. The largest absolute Gasteiger partial charge is 0.305 e. The summed E-state index contributed by atoms with van der Waals surface area (Å²) in [4.78, 5) is 12.5. The lowest BCUT2D eigenvalue weighted by molar-refractivity contribution is 0.102. The number of aromatic nitrogens is 4. The predicted molar refractivity (Wildman–Crippen MR) is 65.2 cm³/mol. The summed E-state index contributed by atoms with van der Waals surface area (Å²) < 4.78 is 3.77. The standard InChI is InChI=1S/C10H10N6OS/c1-2-3-7-8(18-16-14-7)10(17)13-9-6(4-11)5-12-15-9/h5H,2-3H2,1H3,(H2,12,13,15,17). The fourth-order valence-corrected chi connectivity index (χ4v) is 2.02. The number of carbonyl (C=O) groups excluding carboxylic acids is 1. The molecule has 2 rings (SSSR count). The molecule has 0 spiro atoms. The molecule has 8 heteroatoms. The van der Waals surface area contributed by atoms with E-state index in [4.69, 9.17) is 5.26 Å². The van der Waals surface area contributed by atoms with Gasteiger partial charge in [-0.3, -0.25) is 9.89 Å². The summed E-state index contributed by atoms with van der Waals surface area (Å²) >= 11 is 1.04. The number of H-pyrrole nitrogens is 1. The summed E-state index contributed by atoms with van der Waals surface area (Å²) in [6, 6.07) is 1.93. The van der Waals surface area contributed by atoms with Crippen LogP contribution in [0.5, 0.6) is 0 Å². The number of nitriles is 1. The van der Waals surface area contributed by atoms with E-state index >= 15 is 0 Å². The smallest absolute Gasteiger partial charge is 0.270 e. The molecule has 7 nitrogen and oxygen atoms in total. The summed E-state index contributed by atoms with van der Waals surface area (Å²) in [5.74, 6) is -0.0347. The number of rotatable bonds is 4. The van der Waals surface area contributed by atoms with Gasteiger partial charge in [0.05, 0.1) is 11.9 Å². The lowest BCUT2D eigenvalue weighted by atomic mass is 10.2. The van der Waals surface area contributed by atoms with Crippen molar-refractivity contribution in [2.45, 2.75) is 19.8 Å². The van der Waals surface area contributed by atoms with E-state index in [0.29, 0.717) is 22.8 Å². The maximum Gasteiger partial charge on any atom is 0.270 e. The van der Waals surface area contributed by atoms with Crippen molar-refractivity contribution in [1.29, 1.82) is 5.26 Å². The molecular weight excluding hydrogens is 252 g/mol. The number of aromatic amines is 1. The van der Waals surface area contributed by atoms with E-state index in [-0.39, 0.29) is 11.5 Å². The van der Waals surface area contributed by atoms with Crippen LogP contribution < -0.4 is 5.32 Å².